The Labute approximate surface area is 147 Å². The molecule has 130 valence electrons. The molecule has 0 saturated carbocycles. The molecule has 2 atom stereocenters. The van der Waals surface area contributed by atoms with Crippen molar-refractivity contribution in [3.05, 3.63) is 51.2 Å². The van der Waals surface area contributed by atoms with E-state index in [9.17, 15) is 19.7 Å². The number of carbonyl (C=O) groups excluding carboxylic acids is 2. The highest BCUT2D eigenvalue weighted by Gasteiger charge is 2.46. The summed E-state index contributed by atoms with van der Waals surface area (Å²) >= 11 is 1.30. The van der Waals surface area contributed by atoms with E-state index in [-0.39, 0.29) is 22.4 Å². The highest BCUT2D eigenvalue weighted by atomic mass is 32.2. The summed E-state index contributed by atoms with van der Waals surface area (Å²) in [4.78, 5) is 41.3. The van der Waals surface area contributed by atoms with Crippen LogP contribution in [0.25, 0.3) is 0 Å². The number of benzene rings is 1. The number of rotatable bonds is 3. The number of methoxy groups -OCH3 is 1. The molecule has 0 spiro atoms. The molecule has 8 nitrogen and oxygen atoms in total. The van der Waals surface area contributed by atoms with E-state index in [1.807, 2.05) is 0 Å². The number of amidine groups is 1. The molecule has 0 radical (unpaired) electrons. The second-order valence-electron chi connectivity index (χ2n) is 5.61. The summed E-state index contributed by atoms with van der Waals surface area (Å²) in [7, 11) is 1.25. The van der Waals surface area contributed by atoms with Crippen molar-refractivity contribution in [1.82, 2.24) is 4.90 Å². The summed E-state index contributed by atoms with van der Waals surface area (Å²) in [6.07, 6.45) is 0. The summed E-state index contributed by atoms with van der Waals surface area (Å²) in [5, 5.41) is 11.3. The van der Waals surface area contributed by atoms with Crippen molar-refractivity contribution in [2.45, 2.75) is 25.1 Å². The fourth-order valence-corrected chi connectivity index (χ4v) is 3.93. The lowest BCUT2D eigenvalue weighted by Crippen LogP contribution is -2.40. The number of non-ortho nitro benzene ring substituents is 1. The Balaban J connectivity index is 2.20. The molecule has 0 N–H and O–H groups in total. The van der Waals surface area contributed by atoms with Gasteiger partial charge < -0.3 is 4.74 Å². The van der Waals surface area contributed by atoms with Gasteiger partial charge in [0.1, 0.15) is 0 Å². The van der Waals surface area contributed by atoms with Gasteiger partial charge >= 0.3 is 5.97 Å². The standard InChI is InChI=1S/C16H15N3O5S/c1-8-12(15(21)24-3)13(10-5-4-6-11(7-10)19(22)23)18-14(20)9(2)25-16(18)17-8/h4-7,9,13H,1-3H3. The highest BCUT2D eigenvalue weighted by Crippen LogP contribution is 2.43. The molecule has 3 rings (SSSR count). The molecule has 9 heteroatoms. The minimum Gasteiger partial charge on any atom is -0.466 e. The molecule has 2 heterocycles. The number of thioether (sulfide) groups is 1. The molecule has 2 aliphatic rings. The van der Waals surface area contributed by atoms with Gasteiger partial charge in [-0.05, 0) is 19.4 Å². The SMILES string of the molecule is COC(=O)C1=C(C)N=C2SC(C)C(=O)N2C1c1cccc([N+](=O)[O-])c1. The molecule has 1 aromatic carbocycles. The van der Waals surface area contributed by atoms with Gasteiger partial charge in [0, 0.05) is 12.1 Å². The van der Waals surface area contributed by atoms with Gasteiger partial charge in [-0.2, -0.15) is 0 Å². The van der Waals surface area contributed by atoms with Crippen LogP contribution >= 0.6 is 11.8 Å². The molecule has 1 saturated heterocycles. The Kier molecular flexibility index (Phi) is 4.34. The van der Waals surface area contributed by atoms with Gasteiger partial charge in [-0.25, -0.2) is 9.79 Å². The topological polar surface area (TPSA) is 102 Å². The number of amides is 1. The van der Waals surface area contributed by atoms with Crippen LogP contribution in [0.4, 0.5) is 5.69 Å². The molecule has 1 fully saturated rings. The van der Waals surface area contributed by atoms with Crippen molar-refractivity contribution in [3.63, 3.8) is 0 Å². The smallest absolute Gasteiger partial charge is 0.338 e. The number of fused-ring (bicyclic) bond motifs is 1. The van der Waals surface area contributed by atoms with Crippen molar-refractivity contribution < 1.29 is 19.2 Å². The molecule has 2 unspecified atom stereocenters. The average Bonchev–Trinajstić information content (AvgIpc) is 2.87. The largest absolute Gasteiger partial charge is 0.466 e. The lowest BCUT2D eigenvalue weighted by Gasteiger charge is -2.32. The number of allylic oxidation sites excluding steroid dienone is 1. The third-order valence-electron chi connectivity index (χ3n) is 4.06. The number of aliphatic imine (C=N–C) groups is 1. The number of ether oxygens (including phenoxy) is 1. The van der Waals surface area contributed by atoms with Crippen molar-refractivity contribution >= 4 is 34.5 Å². The lowest BCUT2D eigenvalue weighted by molar-refractivity contribution is -0.384. The lowest BCUT2D eigenvalue weighted by atomic mass is 9.94. The van der Waals surface area contributed by atoms with E-state index in [1.54, 1.807) is 19.9 Å². The van der Waals surface area contributed by atoms with Crippen molar-refractivity contribution in [3.8, 4) is 0 Å². The van der Waals surface area contributed by atoms with E-state index < -0.39 is 16.9 Å². The number of hydrogen-bond acceptors (Lipinski definition) is 7. The summed E-state index contributed by atoms with van der Waals surface area (Å²) in [5.74, 6) is -0.816. The molecule has 1 amide bonds. The third kappa shape index (κ3) is 2.80. The van der Waals surface area contributed by atoms with E-state index in [4.69, 9.17) is 4.74 Å². The minimum atomic E-state index is -0.801. The van der Waals surface area contributed by atoms with Crippen molar-refractivity contribution in [2.75, 3.05) is 7.11 Å². The molecule has 25 heavy (non-hydrogen) atoms. The zero-order valence-corrected chi connectivity index (χ0v) is 14.6. The second-order valence-corrected chi connectivity index (χ2v) is 6.92. The van der Waals surface area contributed by atoms with Crippen LogP contribution < -0.4 is 0 Å². The molecule has 0 aromatic heterocycles. The summed E-state index contributed by atoms with van der Waals surface area (Å²) in [6.45, 7) is 3.42. The zero-order valence-electron chi connectivity index (χ0n) is 13.8. The van der Waals surface area contributed by atoms with Crippen LogP contribution in [0.3, 0.4) is 0 Å². The van der Waals surface area contributed by atoms with Crippen molar-refractivity contribution in [1.29, 1.82) is 0 Å². The molecule has 0 aliphatic carbocycles. The average molecular weight is 361 g/mol. The van der Waals surface area contributed by atoms with Crippen LogP contribution in [0.15, 0.2) is 40.5 Å². The summed E-state index contributed by atoms with van der Waals surface area (Å²) < 4.78 is 4.86. The van der Waals surface area contributed by atoms with E-state index in [0.29, 0.717) is 16.4 Å². The Morgan fingerprint density at radius 1 is 1.44 bits per heavy atom. The van der Waals surface area contributed by atoms with Crippen LogP contribution in [-0.2, 0) is 14.3 Å². The fourth-order valence-electron chi connectivity index (χ4n) is 2.90. The normalized spacial score (nSPS) is 22.6. The number of hydrogen-bond donors (Lipinski definition) is 0. The quantitative estimate of drug-likeness (QED) is 0.465. The van der Waals surface area contributed by atoms with Crippen LogP contribution in [0, 0.1) is 10.1 Å². The molecule has 1 aromatic rings. The van der Waals surface area contributed by atoms with Gasteiger partial charge in [0.2, 0.25) is 5.91 Å². The van der Waals surface area contributed by atoms with Crippen LogP contribution in [0.2, 0.25) is 0 Å². The van der Waals surface area contributed by atoms with Gasteiger partial charge in [0.25, 0.3) is 5.69 Å². The number of carbonyl (C=O) groups is 2. The Morgan fingerprint density at radius 3 is 2.80 bits per heavy atom. The van der Waals surface area contributed by atoms with Crippen LogP contribution in [0.1, 0.15) is 25.5 Å². The van der Waals surface area contributed by atoms with Gasteiger partial charge in [-0.15, -0.1) is 0 Å². The predicted molar refractivity (Wildman–Crippen MR) is 91.9 cm³/mol. The van der Waals surface area contributed by atoms with E-state index in [2.05, 4.69) is 4.99 Å². The molecular formula is C16H15N3O5S. The number of nitrogens with zero attached hydrogens (tertiary/aromatic N) is 3. The highest BCUT2D eigenvalue weighted by molar-refractivity contribution is 8.15. The predicted octanol–water partition coefficient (Wildman–Crippen LogP) is 2.42. The van der Waals surface area contributed by atoms with E-state index in [0.717, 1.165) is 0 Å². The maximum Gasteiger partial charge on any atom is 0.338 e. The van der Waals surface area contributed by atoms with Gasteiger partial charge in [-0.1, -0.05) is 23.9 Å². The van der Waals surface area contributed by atoms with Crippen LogP contribution in [0.5, 0.6) is 0 Å². The van der Waals surface area contributed by atoms with Gasteiger partial charge in [0.15, 0.2) is 5.17 Å². The number of esters is 1. The van der Waals surface area contributed by atoms with Crippen molar-refractivity contribution in [2.24, 2.45) is 4.99 Å². The maximum atomic E-state index is 12.6. The zero-order chi connectivity index (χ0) is 18.3. The monoisotopic (exact) mass is 361 g/mol. The van der Waals surface area contributed by atoms with E-state index >= 15 is 0 Å². The fraction of sp³-hybridized carbons (Fsp3) is 0.312. The first-order valence-electron chi connectivity index (χ1n) is 7.47. The molecular weight excluding hydrogens is 346 g/mol. The molecule has 0 bridgehead atoms. The number of nitro benzene ring substituents is 1. The number of nitro groups is 1. The Morgan fingerprint density at radius 2 is 2.16 bits per heavy atom. The van der Waals surface area contributed by atoms with Gasteiger partial charge in [0.05, 0.1) is 34.6 Å². The maximum absolute atomic E-state index is 12.6. The second kappa shape index (κ2) is 6.32. The summed E-state index contributed by atoms with van der Waals surface area (Å²) in [6, 6.07) is 5.10. The van der Waals surface area contributed by atoms with E-state index in [1.165, 1.54) is 42.0 Å². The Hall–Kier alpha value is -2.68. The first kappa shape index (κ1) is 17.2. The minimum absolute atomic E-state index is 0.115. The molecule has 2 aliphatic heterocycles. The first-order valence-corrected chi connectivity index (χ1v) is 8.35. The summed E-state index contributed by atoms with van der Waals surface area (Å²) in [5.41, 5.74) is 0.985. The first-order chi connectivity index (χ1) is 11.8. The Bertz CT molecular complexity index is 848. The van der Waals surface area contributed by atoms with Gasteiger partial charge in [-0.3, -0.25) is 19.8 Å². The third-order valence-corrected chi connectivity index (χ3v) is 5.11. The van der Waals surface area contributed by atoms with Crippen LogP contribution in [-0.4, -0.2) is 39.2 Å².